The van der Waals surface area contributed by atoms with Crippen molar-refractivity contribution >= 4 is 45.3 Å². The molecule has 0 aliphatic heterocycles. The number of fused-ring (bicyclic) bond motifs is 3. The van der Waals surface area contributed by atoms with Crippen molar-refractivity contribution in [2.75, 3.05) is 5.43 Å². The van der Waals surface area contributed by atoms with E-state index in [1.54, 1.807) is 22.1 Å². The van der Waals surface area contributed by atoms with Crippen molar-refractivity contribution in [3.05, 3.63) is 86.0 Å². The third-order valence-corrected chi connectivity index (χ3v) is 7.97. The summed E-state index contributed by atoms with van der Waals surface area (Å²) >= 11 is 7.63. The highest BCUT2D eigenvalue weighted by atomic mass is 35.5. The van der Waals surface area contributed by atoms with Crippen LogP contribution in [-0.4, -0.2) is 15.8 Å². The molecule has 4 aromatic rings. The quantitative estimate of drug-likeness (QED) is 0.256. The van der Waals surface area contributed by atoms with Crippen molar-refractivity contribution in [3.8, 4) is 5.69 Å². The number of halogens is 1. The summed E-state index contributed by atoms with van der Waals surface area (Å²) in [6.45, 7) is 6.91. The van der Waals surface area contributed by atoms with E-state index in [4.69, 9.17) is 16.6 Å². The number of hydrogen-bond donors (Lipinski definition) is 1. The van der Waals surface area contributed by atoms with Crippen molar-refractivity contribution in [2.24, 2.45) is 16.4 Å². The molecule has 0 spiro atoms. The molecule has 0 radical (unpaired) electrons. The van der Waals surface area contributed by atoms with Gasteiger partial charge in [0.15, 0.2) is 0 Å². The van der Waals surface area contributed by atoms with Gasteiger partial charge in [-0.05, 0) is 66.0 Å². The molecule has 5 nitrogen and oxygen atoms in total. The fourth-order valence-corrected chi connectivity index (χ4v) is 5.99. The predicted molar refractivity (Wildman–Crippen MR) is 143 cm³/mol. The molecular weight excluding hydrogens is 464 g/mol. The van der Waals surface area contributed by atoms with Gasteiger partial charge < -0.3 is 0 Å². The maximum atomic E-state index is 13.9. The highest BCUT2D eigenvalue weighted by Gasteiger charge is 2.32. The molecule has 0 amide bonds. The zero-order chi connectivity index (χ0) is 23.9. The summed E-state index contributed by atoms with van der Waals surface area (Å²) < 4.78 is 1.63. The maximum absolute atomic E-state index is 13.9. The molecule has 1 atom stereocenters. The Morgan fingerprint density at radius 3 is 2.59 bits per heavy atom. The first-order valence-corrected chi connectivity index (χ1v) is 12.7. The molecule has 2 aromatic carbocycles. The predicted octanol–water partition coefficient (Wildman–Crippen LogP) is 6.70. The molecule has 2 heterocycles. The highest BCUT2D eigenvalue weighted by Crippen LogP contribution is 2.42. The Hall–Kier alpha value is -2.96. The number of aromatic nitrogens is 2. The average molecular weight is 491 g/mol. The van der Waals surface area contributed by atoms with Crippen LogP contribution in [0.3, 0.4) is 0 Å². The number of nitrogens with zero attached hydrogens (tertiary/aromatic N) is 3. The number of hydrazone groups is 1. The fourth-order valence-electron chi connectivity index (χ4n) is 4.57. The highest BCUT2D eigenvalue weighted by molar-refractivity contribution is 7.18. The van der Waals surface area contributed by atoms with E-state index in [2.05, 4.69) is 31.3 Å². The monoisotopic (exact) mass is 490 g/mol. The van der Waals surface area contributed by atoms with Gasteiger partial charge in [-0.1, -0.05) is 62.7 Å². The summed E-state index contributed by atoms with van der Waals surface area (Å²) in [5.41, 5.74) is 6.04. The standard InChI is InChI=1S/C27H27ClN4OS/c1-27(2,3)18-11-14-21-22(15-18)34-24-23(21)25(33)32(20-7-5-4-6-8-20)26(30-24)31-29-16-17-9-12-19(28)13-10-17/h4-10,12-13,16,18H,11,14-15H2,1-3H3,(H,30,31)/b29-16-/t18-/m1/s1. The van der Waals surface area contributed by atoms with Crippen molar-refractivity contribution in [2.45, 2.75) is 40.0 Å². The molecule has 0 fully saturated rings. The minimum absolute atomic E-state index is 0.0490. The van der Waals surface area contributed by atoms with Gasteiger partial charge in [-0.3, -0.25) is 4.79 Å². The average Bonchev–Trinajstić information content (AvgIpc) is 3.18. The van der Waals surface area contributed by atoms with Crippen LogP contribution in [0.5, 0.6) is 0 Å². The van der Waals surface area contributed by atoms with Crippen LogP contribution in [0.25, 0.3) is 15.9 Å². The Morgan fingerprint density at radius 2 is 1.88 bits per heavy atom. The van der Waals surface area contributed by atoms with Gasteiger partial charge in [-0.25, -0.2) is 15.0 Å². The third kappa shape index (κ3) is 4.40. The minimum Gasteiger partial charge on any atom is -0.268 e. The van der Waals surface area contributed by atoms with Crippen LogP contribution in [-0.2, 0) is 12.8 Å². The number of hydrogen-bond acceptors (Lipinski definition) is 5. The normalized spacial score (nSPS) is 16.2. The molecule has 0 bridgehead atoms. The van der Waals surface area contributed by atoms with Crippen LogP contribution >= 0.6 is 22.9 Å². The minimum atomic E-state index is -0.0490. The number of aryl methyl sites for hydroxylation is 1. The van der Waals surface area contributed by atoms with Gasteiger partial charge in [0.2, 0.25) is 5.95 Å². The van der Waals surface area contributed by atoms with Gasteiger partial charge in [0, 0.05) is 9.90 Å². The van der Waals surface area contributed by atoms with Gasteiger partial charge >= 0.3 is 0 Å². The first kappa shape index (κ1) is 22.8. The Labute approximate surface area is 208 Å². The number of nitrogens with one attached hydrogen (secondary N) is 1. The van der Waals surface area contributed by atoms with E-state index in [1.165, 1.54) is 10.4 Å². The van der Waals surface area contributed by atoms with Gasteiger partial charge in [0.05, 0.1) is 17.3 Å². The van der Waals surface area contributed by atoms with E-state index < -0.39 is 0 Å². The maximum Gasteiger partial charge on any atom is 0.268 e. The van der Waals surface area contributed by atoms with Crippen LogP contribution in [0.4, 0.5) is 5.95 Å². The van der Waals surface area contributed by atoms with Crippen molar-refractivity contribution in [3.63, 3.8) is 0 Å². The zero-order valence-electron chi connectivity index (χ0n) is 19.5. The third-order valence-electron chi connectivity index (χ3n) is 6.57. The Bertz CT molecular complexity index is 1420. The number of thiophene rings is 1. The topological polar surface area (TPSA) is 59.3 Å². The number of anilines is 1. The lowest BCUT2D eigenvalue weighted by Gasteiger charge is -2.33. The van der Waals surface area contributed by atoms with Crippen molar-refractivity contribution in [1.82, 2.24) is 9.55 Å². The smallest absolute Gasteiger partial charge is 0.268 e. The summed E-state index contributed by atoms with van der Waals surface area (Å²) in [5, 5.41) is 5.79. The molecule has 7 heteroatoms. The molecule has 1 aliphatic rings. The lowest BCUT2D eigenvalue weighted by molar-refractivity contribution is 0.218. The first-order valence-electron chi connectivity index (χ1n) is 11.5. The molecular formula is C27H27ClN4OS. The summed E-state index contributed by atoms with van der Waals surface area (Å²) in [6.07, 6.45) is 4.71. The summed E-state index contributed by atoms with van der Waals surface area (Å²) in [4.78, 5) is 20.8. The Kier molecular flexibility index (Phi) is 6.04. The van der Waals surface area contributed by atoms with E-state index >= 15 is 0 Å². The number of para-hydroxylation sites is 1. The molecule has 34 heavy (non-hydrogen) atoms. The lowest BCUT2D eigenvalue weighted by Crippen LogP contribution is -2.27. The van der Waals surface area contributed by atoms with Crippen LogP contribution < -0.4 is 11.0 Å². The Morgan fingerprint density at radius 1 is 1.15 bits per heavy atom. The van der Waals surface area contributed by atoms with Crippen LogP contribution in [0.1, 0.15) is 43.2 Å². The second-order valence-electron chi connectivity index (χ2n) is 9.82. The van der Waals surface area contributed by atoms with E-state index in [9.17, 15) is 4.79 Å². The second-order valence-corrected chi connectivity index (χ2v) is 11.3. The van der Waals surface area contributed by atoms with E-state index in [-0.39, 0.29) is 11.0 Å². The molecule has 1 N–H and O–H groups in total. The molecule has 0 saturated carbocycles. The van der Waals surface area contributed by atoms with Crippen molar-refractivity contribution in [1.29, 1.82) is 0 Å². The molecule has 5 rings (SSSR count). The molecule has 0 unspecified atom stereocenters. The van der Waals surface area contributed by atoms with Gasteiger partial charge in [0.25, 0.3) is 5.56 Å². The molecule has 0 saturated heterocycles. The van der Waals surface area contributed by atoms with Crippen LogP contribution in [0.2, 0.25) is 5.02 Å². The first-order chi connectivity index (χ1) is 16.3. The molecule has 2 aromatic heterocycles. The second kappa shape index (κ2) is 9.01. The van der Waals surface area contributed by atoms with E-state index in [1.807, 2.05) is 54.6 Å². The van der Waals surface area contributed by atoms with Gasteiger partial charge in [-0.15, -0.1) is 11.3 Å². The molecule has 1 aliphatic carbocycles. The lowest BCUT2D eigenvalue weighted by atomic mass is 9.72. The molecule has 174 valence electrons. The largest absolute Gasteiger partial charge is 0.268 e. The summed E-state index contributed by atoms with van der Waals surface area (Å²) in [7, 11) is 0. The van der Waals surface area contributed by atoms with Gasteiger partial charge in [-0.2, -0.15) is 5.10 Å². The van der Waals surface area contributed by atoms with Crippen LogP contribution in [0.15, 0.2) is 64.5 Å². The van der Waals surface area contributed by atoms with E-state index in [0.717, 1.165) is 40.7 Å². The van der Waals surface area contributed by atoms with Gasteiger partial charge in [0.1, 0.15) is 4.83 Å². The summed E-state index contributed by atoms with van der Waals surface area (Å²) in [6, 6.07) is 17.0. The number of benzene rings is 2. The fraction of sp³-hybridized carbons (Fsp3) is 0.296. The zero-order valence-corrected chi connectivity index (χ0v) is 21.1. The van der Waals surface area contributed by atoms with Crippen LogP contribution in [0, 0.1) is 11.3 Å². The number of rotatable bonds is 4. The van der Waals surface area contributed by atoms with E-state index in [0.29, 0.717) is 16.9 Å². The SMILES string of the molecule is CC(C)(C)[C@@H]1CCc2c(sc3nc(N/N=C\c4ccc(Cl)cc4)n(-c4ccccc4)c(=O)c23)C1. The Balaban J connectivity index is 1.60. The van der Waals surface area contributed by atoms with Crippen molar-refractivity contribution < 1.29 is 0 Å². The summed E-state index contributed by atoms with van der Waals surface area (Å²) in [5.74, 6) is 1.01.